The molecule has 9 aromatic heterocycles. The molecule has 1 N–H and O–H groups in total. The van der Waals surface area contributed by atoms with E-state index in [2.05, 4.69) is 185 Å². The molecule has 6 aliphatic rings. The first-order valence-electron chi connectivity index (χ1n) is 32.5. The number of piperazine rings is 3. The predicted molar refractivity (Wildman–Crippen MR) is 348 cm³/mol. The van der Waals surface area contributed by atoms with Gasteiger partial charge in [-0.1, -0.05) is 24.3 Å². The Morgan fingerprint density at radius 3 is 1.34 bits per heavy atom. The van der Waals surface area contributed by atoms with Crippen molar-refractivity contribution in [3.8, 4) is 0 Å². The lowest BCUT2D eigenvalue weighted by Crippen LogP contribution is -2.48. The van der Waals surface area contributed by atoms with Crippen LogP contribution >= 0.6 is 0 Å². The Labute approximate surface area is 512 Å². The maximum Gasteiger partial charge on any atom is 0.162 e. The Bertz CT molecular complexity index is 3920. The molecule has 15 heterocycles. The van der Waals surface area contributed by atoms with Gasteiger partial charge < -0.3 is 34.7 Å². The smallest absolute Gasteiger partial charge is 0.162 e. The monoisotopic (exact) mass is 1170 g/mol. The summed E-state index contributed by atoms with van der Waals surface area (Å²) in [6.07, 6.45) is 22.8. The molecule has 9 aromatic rings. The highest BCUT2D eigenvalue weighted by atomic mass is 15.4. The molecule has 6 atom stereocenters. The Hall–Kier alpha value is -7.64. The van der Waals surface area contributed by atoms with Crippen molar-refractivity contribution in [1.82, 2.24) is 63.1 Å². The molecule has 0 saturated carbocycles. The lowest BCUT2D eigenvalue weighted by molar-refractivity contribution is 0.109. The first kappa shape index (κ1) is 55.9. The lowest BCUT2D eigenvalue weighted by Gasteiger charge is -2.39. The zero-order valence-electron chi connectivity index (χ0n) is 51.9. The van der Waals surface area contributed by atoms with Gasteiger partial charge in [0.05, 0.1) is 81.8 Å². The van der Waals surface area contributed by atoms with Gasteiger partial charge in [-0.15, -0.1) is 0 Å². The first-order chi connectivity index (χ1) is 42.6. The topological polar surface area (TPSA) is 129 Å². The number of fused-ring (bicyclic) bond motifs is 3. The van der Waals surface area contributed by atoms with Gasteiger partial charge in [0.25, 0.3) is 0 Å². The number of likely N-dealkylation sites (tertiary alicyclic amines) is 2. The van der Waals surface area contributed by atoms with E-state index < -0.39 is 0 Å². The van der Waals surface area contributed by atoms with Gasteiger partial charge in [-0.3, -0.25) is 38.0 Å². The van der Waals surface area contributed by atoms with Gasteiger partial charge in [0.2, 0.25) is 0 Å². The number of aryl methyl sites for hydroxylation is 3. The molecule has 0 radical (unpaired) electrons. The molecule has 0 spiro atoms. The van der Waals surface area contributed by atoms with Gasteiger partial charge in [-0.05, 0) is 171 Å². The summed E-state index contributed by atoms with van der Waals surface area (Å²) in [6, 6.07) is 30.1. The Kier molecular flexibility index (Phi) is 15.1. The Balaban J connectivity index is 0.708. The van der Waals surface area contributed by atoms with Gasteiger partial charge in [-0.25, -0.2) is 15.0 Å². The molecule has 0 unspecified atom stereocenters. The Morgan fingerprint density at radius 1 is 0.379 bits per heavy atom. The van der Waals surface area contributed by atoms with E-state index in [-0.39, 0.29) is 36.3 Å². The summed E-state index contributed by atoms with van der Waals surface area (Å²) in [4.78, 5) is 51.8. The molecule has 18 heteroatoms. The van der Waals surface area contributed by atoms with Crippen molar-refractivity contribution in [2.45, 2.75) is 115 Å². The van der Waals surface area contributed by atoms with Crippen LogP contribution in [-0.2, 0) is 0 Å². The molecule has 87 heavy (non-hydrogen) atoms. The van der Waals surface area contributed by atoms with Crippen molar-refractivity contribution in [3.63, 3.8) is 0 Å². The first-order valence-corrected chi connectivity index (χ1v) is 32.5. The van der Waals surface area contributed by atoms with Crippen molar-refractivity contribution in [2.75, 3.05) is 124 Å². The van der Waals surface area contributed by atoms with E-state index >= 15 is 0 Å². The molecule has 0 aromatic carbocycles. The minimum Gasteiger partial charge on any atom is -0.365 e. The van der Waals surface area contributed by atoms with Gasteiger partial charge in [-0.2, -0.15) is 0 Å². The van der Waals surface area contributed by atoms with E-state index in [1.807, 2.05) is 30.7 Å². The highest BCUT2D eigenvalue weighted by Crippen LogP contribution is 2.44. The number of piperidine rings is 3. The largest absolute Gasteiger partial charge is 0.365 e. The number of pyridine rings is 6. The number of anilines is 5. The number of rotatable bonds is 11. The van der Waals surface area contributed by atoms with Gasteiger partial charge in [0.15, 0.2) is 11.3 Å². The van der Waals surface area contributed by atoms with Crippen LogP contribution in [0.4, 0.5) is 28.8 Å². The molecule has 6 aliphatic heterocycles. The van der Waals surface area contributed by atoms with Crippen molar-refractivity contribution in [2.24, 2.45) is 0 Å². The van der Waals surface area contributed by atoms with E-state index in [4.69, 9.17) is 29.9 Å². The third-order valence-electron chi connectivity index (χ3n) is 20.8. The van der Waals surface area contributed by atoms with Crippen LogP contribution in [-0.4, -0.2) is 157 Å². The average Bonchev–Trinajstić information content (AvgIpc) is 2.24. The molecule has 15 rings (SSSR count). The molecule has 6 saturated heterocycles. The zero-order valence-corrected chi connectivity index (χ0v) is 51.9. The number of nitrogens with one attached hydrogen (secondary N) is 1. The molecule has 18 nitrogen and oxygen atoms in total. The van der Waals surface area contributed by atoms with E-state index in [1.54, 1.807) is 0 Å². The van der Waals surface area contributed by atoms with Crippen LogP contribution in [0.15, 0.2) is 116 Å². The molecule has 0 aliphatic carbocycles. The van der Waals surface area contributed by atoms with Gasteiger partial charge in [0.1, 0.15) is 23.1 Å². The van der Waals surface area contributed by atoms with E-state index in [1.165, 1.54) is 56.9 Å². The fraction of sp³-hybridized carbons (Fsp3) is 0.478. The lowest BCUT2D eigenvalue weighted by atomic mass is 9.91. The zero-order chi connectivity index (χ0) is 58.9. The SMILES string of the molecule is Cc1cccnc1[C@@H]1CCC[C@H](c2cn3c(N4CCN(C)CC4)ccc(N4CCN(c5ccc(N6CCN(c7cccc8nc([C@H]9CCC[C@@H](c%10ncccc%10C)N9C)cn78)CC6)c6nc([C@H]7CCC[C@@H](c8ncccc8C)N7C)cn56)CC4)c3n2)N1. The summed E-state index contributed by atoms with van der Waals surface area (Å²) in [6.45, 7) is 17.7. The van der Waals surface area contributed by atoms with Crippen LogP contribution in [0.3, 0.4) is 0 Å². The number of likely N-dealkylation sites (N-methyl/N-ethyl adjacent to an activating group) is 1. The molecular formula is C69H86N18. The van der Waals surface area contributed by atoms with Crippen LogP contribution < -0.4 is 29.8 Å². The second kappa shape index (κ2) is 23.5. The third kappa shape index (κ3) is 10.4. The minimum absolute atomic E-state index is 0.152. The third-order valence-corrected chi connectivity index (χ3v) is 20.8. The molecule has 452 valence electrons. The van der Waals surface area contributed by atoms with Crippen LogP contribution in [0.2, 0.25) is 0 Å². The molecule has 0 bridgehead atoms. The van der Waals surface area contributed by atoms with Crippen molar-refractivity contribution in [3.05, 3.63) is 167 Å². The summed E-state index contributed by atoms with van der Waals surface area (Å²) in [5, 5.41) is 4.02. The minimum atomic E-state index is 0.152. The molecular weight excluding hydrogens is 1080 g/mol. The summed E-state index contributed by atoms with van der Waals surface area (Å²) in [7, 11) is 6.80. The number of hydrogen-bond acceptors (Lipinski definition) is 15. The number of aromatic nitrogens is 9. The summed E-state index contributed by atoms with van der Waals surface area (Å²) < 4.78 is 7.21. The van der Waals surface area contributed by atoms with Crippen LogP contribution in [0.25, 0.3) is 16.9 Å². The van der Waals surface area contributed by atoms with Gasteiger partial charge in [0, 0.05) is 116 Å². The fourth-order valence-electron chi connectivity index (χ4n) is 15.9. The maximum absolute atomic E-state index is 5.75. The molecule has 6 fully saturated rings. The van der Waals surface area contributed by atoms with Crippen molar-refractivity contribution >= 4 is 45.8 Å². The van der Waals surface area contributed by atoms with E-state index in [0.717, 1.165) is 176 Å². The van der Waals surface area contributed by atoms with E-state index in [0.29, 0.717) is 0 Å². The number of hydrogen-bond donors (Lipinski definition) is 1. The average molecular weight is 1170 g/mol. The summed E-state index contributed by atoms with van der Waals surface area (Å²) in [5.74, 6) is 3.64. The maximum atomic E-state index is 5.75. The second-order valence-corrected chi connectivity index (χ2v) is 26.0. The normalized spacial score (nSPS) is 24.1. The number of nitrogens with zero attached hydrogens (tertiary/aromatic N) is 17. The van der Waals surface area contributed by atoms with Crippen LogP contribution in [0.1, 0.15) is 145 Å². The highest BCUT2D eigenvalue weighted by Gasteiger charge is 2.37. The molecule has 0 amide bonds. The van der Waals surface area contributed by atoms with Crippen LogP contribution in [0.5, 0.6) is 0 Å². The van der Waals surface area contributed by atoms with Gasteiger partial charge >= 0.3 is 0 Å². The highest BCUT2D eigenvalue weighted by molar-refractivity contribution is 5.76. The van der Waals surface area contributed by atoms with E-state index in [9.17, 15) is 0 Å². The fourth-order valence-corrected chi connectivity index (χ4v) is 15.9. The van der Waals surface area contributed by atoms with Crippen molar-refractivity contribution in [1.29, 1.82) is 0 Å². The summed E-state index contributed by atoms with van der Waals surface area (Å²) in [5.41, 5.74) is 16.2. The standard InChI is InChI=1S/C69H86N18/c1-47-14-11-29-70-65(47)51-18-7-17-50(73-51)52-44-86-63(82-34-32-77(4)33-35-82)27-25-59(68(86)75-52)80-38-42-84(43-39-80)64-28-26-60(69-76-54(46-87(64)69)56-20-9-22-58(79(56)6)67-49(3)16-13-31-72-67)81-36-40-83(41-37-81)62-24-10-23-61-74-53(45-85(61)62)55-19-8-21-57(78(55)5)66-48(2)15-12-30-71-66/h10-16,23-31,44-46,50-51,55-58,73H,7-9,17-22,32-43H2,1-6H3/t50-,51+,55-,56-,57+,58+/m1/s1. The number of imidazole rings is 3. The predicted octanol–water partition coefficient (Wildman–Crippen LogP) is 10.5. The summed E-state index contributed by atoms with van der Waals surface area (Å²) >= 11 is 0. The quantitative estimate of drug-likeness (QED) is 0.132. The Morgan fingerprint density at radius 2 is 0.805 bits per heavy atom. The second-order valence-electron chi connectivity index (χ2n) is 26.0. The van der Waals surface area contributed by atoms with Crippen LogP contribution in [0, 0.1) is 20.8 Å². The van der Waals surface area contributed by atoms with Crippen molar-refractivity contribution < 1.29 is 0 Å².